The summed E-state index contributed by atoms with van der Waals surface area (Å²) in [5, 5.41) is 2.07. The van der Waals surface area contributed by atoms with E-state index < -0.39 is 0 Å². The molecule has 0 spiro atoms. The fraction of sp³-hybridized carbons (Fsp3) is 0. The normalized spacial score (nSPS) is 11.3. The molecule has 0 amide bonds. The molecule has 226 valence electrons. The predicted octanol–water partition coefficient (Wildman–Crippen LogP) is 12.6. The maximum atomic E-state index is 6.45. The maximum absolute atomic E-state index is 6.45. The topological polar surface area (TPSA) is 29.3 Å². The number of fused-ring (bicyclic) bond motifs is 4. The Labute approximate surface area is 279 Å². The molecule has 0 saturated carbocycles. The second kappa shape index (κ2) is 11.7. The molecule has 3 heteroatoms. The van der Waals surface area contributed by atoms with E-state index in [1.54, 1.807) is 0 Å². The Morgan fingerprint density at radius 2 is 0.917 bits per heavy atom. The van der Waals surface area contributed by atoms with Gasteiger partial charge in [-0.2, -0.15) is 0 Å². The van der Waals surface area contributed by atoms with Crippen molar-refractivity contribution in [2.24, 2.45) is 0 Å². The zero-order valence-corrected chi connectivity index (χ0v) is 26.1. The molecule has 0 unspecified atom stereocenters. The number of hydrogen-bond donors (Lipinski definition) is 0. The quantitative estimate of drug-likeness (QED) is 0.187. The third kappa shape index (κ3) is 5.08. The Kier molecular flexibility index (Phi) is 6.80. The highest BCUT2D eigenvalue weighted by molar-refractivity contribution is 6.07. The van der Waals surface area contributed by atoms with Crippen molar-refractivity contribution in [3.63, 3.8) is 0 Å². The average molecular weight is 615 g/mol. The van der Waals surface area contributed by atoms with Gasteiger partial charge in [-0.1, -0.05) is 127 Å². The summed E-state index contributed by atoms with van der Waals surface area (Å²) in [7, 11) is 0. The van der Waals surface area contributed by atoms with Crippen molar-refractivity contribution in [3.05, 3.63) is 182 Å². The number of hydrogen-bond acceptors (Lipinski definition) is 3. The van der Waals surface area contributed by atoms with E-state index >= 15 is 0 Å². The molecule has 48 heavy (non-hydrogen) atoms. The number of furan rings is 1. The summed E-state index contributed by atoms with van der Waals surface area (Å²) in [5.41, 5.74) is 13.7. The van der Waals surface area contributed by atoms with Crippen LogP contribution in [-0.2, 0) is 0 Å². The van der Waals surface area contributed by atoms with Crippen LogP contribution in [-0.4, -0.2) is 4.98 Å². The van der Waals surface area contributed by atoms with Crippen LogP contribution in [0.4, 0.5) is 17.1 Å². The summed E-state index contributed by atoms with van der Waals surface area (Å²) in [4.78, 5) is 7.25. The van der Waals surface area contributed by atoms with Crippen LogP contribution < -0.4 is 4.90 Å². The van der Waals surface area contributed by atoms with E-state index in [1.165, 1.54) is 27.8 Å². The van der Waals surface area contributed by atoms with Crippen molar-refractivity contribution in [3.8, 4) is 33.4 Å². The number of nitrogens with zero attached hydrogens (tertiary/aromatic N) is 2. The van der Waals surface area contributed by atoms with E-state index in [-0.39, 0.29) is 0 Å². The number of pyridine rings is 1. The van der Waals surface area contributed by atoms with Gasteiger partial charge in [-0.3, -0.25) is 0 Å². The monoisotopic (exact) mass is 614 g/mol. The van der Waals surface area contributed by atoms with Crippen molar-refractivity contribution in [2.45, 2.75) is 0 Å². The first-order valence-corrected chi connectivity index (χ1v) is 16.2. The summed E-state index contributed by atoms with van der Waals surface area (Å²) in [6.45, 7) is 0. The fourth-order valence-corrected chi connectivity index (χ4v) is 6.61. The van der Waals surface area contributed by atoms with Crippen LogP contribution in [0.15, 0.2) is 186 Å². The number of para-hydroxylation sites is 1. The maximum Gasteiger partial charge on any atom is 0.154 e. The molecule has 9 rings (SSSR count). The Morgan fingerprint density at radius 3 is 1.62 bits per heavy atom. The lowest BCUT2D eigenvalue weighted by Crippen LogP contribution is -2.10. The average Bonchev–Trinajstić information content (AvgIpc) is 3.52. The van der Waals surface area contributed by atoms with Gasteiger partial charge in [0.05, 0.1) is 5.52 Å². The third-order valence-electron chi connectivity index (χ3n) is 9.05. The number of aromatic nitrogens is 1. The van der Waals surface area contributed by atoms with E-state index in [2.05, 4.69) is 163 Å². The summed E-state index contributed by atoms with van der Waals surface area (Å²) < 4.78 is 6.45. The van der Waals surface area contributed by atoms with E-state index in [1.807, 2.05) is 24.3 Å². The molecule has 0 N–H and O–H groups in total. The molecule has 0 aliphatic carbocycles. The van der Waals surface area contributed by atoms with Crippen molar-refractivity contribution >= 4 is 50.0 Å². The number of anilines is 3. The summed E-state index contributed by atoms with van der Waals surface area (Å²) in [5.74, 6) is 0. The van der Waals surface area contributed by atoms with Gasteiger partial charge < -0.3 is 9.32 Å². The third-order valence-corrected chi connectivity index (χ3v) is 9.05. The van der Waals surface area contributed by atoms with Gasteiger partial charge in [0.1, 0.15) is 11.1 Å². The Morgan fingerprint density at radius 1 is 0.375 bits per heavy atom. The van der Waals surface area contributed by atoms with Crippen LogP contribution >= 0.6 is 0 Å². The SMILES string of the molecule is c1ccc(-c2ccc(-c3ccc(N(c4cccc(-c5ccccc5)c4)c4ccc5c(c4)oc4cc6ccccc6nc45)cc3)cc2)cc1. The molecule has 2 aromatic heterocycles. The van der Waals surface area contributed by atoms with E-state index in [0.29, 0.717) is 0 Å². The van der Waals surface area contributed by atoms with Crippen molar-refractivity contribution < 1.29 is 4.42 Å². The van der Waals surface area contributed by atoms with Crippen LogP contribution in [0.2, 0.25) is 0 Å². The van der Waals surface area contributed by atoms with Gasteiger partial charge in [0.15, 0.2) is 5.58 Å². The van der Waals surface area contributed by atoms with Crippen LogP contribution in [0.1, 0.15) is 0 Å². The molecule has 3 nitrogen and oxygen atoms in total. The zero-order chi connectivity index (χ0) is 31.9. The Balaban J connectivity index is 1.14. The van der Waals surface area contributed by atoms with Gasteiger partial charge in [-0.25, -0.2) is 4.98 Å². The summed E-state index contributed by atoms with van der Waals surface area (Å²) in [6, 6.07) is 64.0. The van der Waals surface area contributed by atoms with Crippen LogP contribution in [0.5, 0.6) is 0 Å². The van der Waals surface area contributed by atoms with Crippen LogP contribution in [0.25, 0.3) is 66.4 Å². The van der Waals surface area contributed by atoms with Crippen LogP contribution in [0, 0.1) is 0 Å². The highest BCUT2D eigenvalue weighted by atomic mass is 16.3. The summed E-state index contributed by atoms with van der Waals surface area (Å²) in [6.07, 6.45) is 0. The standard InChI is InChI=1S/C45H30N2O/c1-3-10-31(11-4-1)33-18-20-34(21-19-33)35-22-24-38(25-23-35)47(39-16-9-15-36(28-39)32-12-5-2-6-13-32)40-26-27-41-43(30-40)48-44-29-37-14-7-8-17-42(37)46-45(41)44/h1-30H. The van der Waals surface area contributed by atoms with Gasteiger partial charge in [0.2, 0.25) is 0 Å². The van der Waals surface area contributed by atoms with Gasteiger partial charge in [0.25, 0.3) is 0 Å². The molecule has 9 aromatic rings. The largest absolute Gasteiger partial charge is 0.454 e. The molecule has 2 heterocycles. The lowest BCUT2D eigenvalue weighted by molar-refractivity contribution is 0.669. The molecule has 0 bridgehead atoms. The predicted molar refractivity (Wildman–Crippen MR) is 200 cm³/mol. The first-order valence-electron chi connectivity index (χ1n) is 16.2. The van der Waals surface area contributed by atoms with Gasteiger partial charge in [-0.05, 0) is 81.9 Å². The van der Waals surface area contributed by atoms with Crippen molar-refractivity contribution in [2.75, 3.05) is 4.90 Å². The molecule has 0 saturated heterocycles. The molecule has 0 atom stereocenters. The minimum atomic E-state index is 0.793. The molecule has 7 aromatic carbocycles. The molecule has 0 radical (unpaired) electrons. The minimum absolute atomic E-state index is 0.793. The van der Waals surface area contributed by atoms with E-state index in [4.69, 9.17) is 9.40 Å². The summed E-state index contributed by atoms with van der Waals surface area (Å²) >= 11 is 0. The molecule has 0 aliphatic heterocycles. The highest BCUT2D eigenvalue weighted by Gasteiger charge is 2.17. The van der Waals surface area contributed by atoms with Crippen LogP contribution in [0.3, 0.4) is 0 Å². The first kappa shape index (κ1) is 27.8. The molecular weight excluding hydrogens is 585 g/mol. The highest BCUT2D eigenvalue weighted by Crippen LogP contribution is 2.40. The molecule has 0 aliphatic rings. The minimum Gasteiger partial charge on any atom is -0.454 e. The number of benzene rings is 7. The Bertz CT molecular complexity index is 2540. The zero-order valence-electron chi connectivity index (χ0n) is 26.1. The first-order chi connectivity index (χ1) is 23.8. The van der Waals surface area contributed by atoms with Crippen molar-refractivity contribution in [1.29, 1.82) is 0 Å². The van der Waals surface area contributed by atoms with Gasteiger partial charge in [-0.15, -0.1) is 0 Å². The van der Waals surface area contributed by atoms with E-state index in [0.717, 1.165) is 55.6 Å². The lowest BCUT2D eigenvalue weighted by atomic mass is 10.00. The smallest absolute Gasteiger partial charge is 0.154 e. The van der Waals surface area contributed by atoms with E-state index in [9.17, 15) is 0 Å². The Hall–Kier alpha value is -6.45. The molecule has 0 fully saturated rings. The fourth-order valence-electron chi connectivity index (χ4n) is 6.61. The number of rotatable bonds is 6. The van der Waals surface area contributed by atoms with Crippen molar-refractivity contribution in [1.82, 2.24) is 4.98 Å². The van der Waals surface area contributed by atoms with Gasteiger partial charge >= 0.3 is 0 Å². The second-order valence-corrected chi connectivity index (χ2v) is 12.1. The second-order valence-electron chi connectivity index (χ2n) is 12.1. The lowest BCUT2D eigenvalue weighted by Gasteiger charge is -2.26. The van der Waals surface area contributed by atoms with Gasteiger partial charge in [0, 0.05) is 33.9 Å². The molecular formula is C45H30N2O.